The normalized spacial score (nSPS) is 27.6. The minimum atomic E-state index is 0.429. The van der Waals surface area contributed by atoms with Gasteiger partial charge in [-0.25, -0.2) is 0 Å². The van der Waals surface area contributed by atoms with Gasteiger partial charge in [0.15, 0.2) is 0 Å². The molecule has 0 spiro atoms. The molecule has 3 rings (SSSR count). The lowest BCUT2D eigenvalue weighted by Gasteiger charge is -2.43. The molecule has 20 heavy (non-hydrogen) atoms. The minimum Gasteiger partial charge on any atom is -0.375 e. The monoisotopic (exact) mass is 297 g/mol. The summed E-state index contributed by atoms with van der Waals surface area (Å²) in [6.45, 7) is 4.92. The standard InChI is InChI=1S/C15H24ClN3O/c1-3-12-11(15(16)18(2)17-12)10-19-8-9-20-14-7-5-4-6-13(14)19/h13-14H,3-10H2,1-2H3/t13-,14-/m1/s1. The van der Waals surface area contributed by atoms with Crippen LogP contribution in [0.3, 0.4) is 0 Å². The highest BCUT2D eigenvalue weighted by molar-refractivity contribution is 6.30. The number of halogens is 1. The van der Waals surface area contributed by atoms with Crippen molar-refractivity contribution in [2.75, 3.05) is 13.2 Å². The van der Waals surface area contributed by atoms with E-state index in [4.69, 9.17) is 16.3 Å². The summed E-state index contributed by atoms with van der Waals surface area (Å²) in [5, 5.41) is 5.32. The summed E-state index contributed by atoms with van der Waals surface area (Å²) in [6.07, 6.45) is 6.46. The highest BCUT2D eigenvalue weighted by Gasteiger charge is 2.34. The Morgan fingerprint density at radius 1 is 1.35 bits per heavy atom. The number of fused-ring (bicyclic) bond motifs is 1. The lowest BCUT2D eigenvalue weighted by atomic mass is 9.90. The van der Waals surface area contributed by atoms with Crippen LogP contribution in [0.1, 0.15) is 43.9 Å². The van der Waals surface area contributed by atoms with Crippen molar-refractivity contribution in [1.29, 1.82) is 0 Å². The second kappa shape index (κ2) is 6.04. The molecule has 1 saturated carbocycles. The maximum atomic E-state index is 6.43. The van der Waals surface area contributed by atoms with E-state index in [0.717, 1.165) is 37.0 Å². The van der Waals surface area contributed by atoms with E-state index in [2.05, 4.69) is 16.9 Å². The zero-order chi connectivity index (χ0) is 14.1. The Morgan fingerprint density at radius 3 is 2.95 bits per heavy atom. The van der Waals surface area contributed by atoms with E-state index in [1.807, 2.05) is 7.05 Å². The van der Waals surface area contributed by atoms with E-state index in [1.54, 1.807) is 4.68 Å². The van der Waals surface area contributed by atoms with Crippen LogP contribution in [0.4, 0.5) is 0 Å². The maximum absolute atomic E-state index is 6.43. The molecule has 0 amide bonds. The first-order valence-electron chi connectivity index (χ1n) is 7.76. The van der Waals surface area contributed by atoms with Gasteiger partial charge in [0.2, 0.25) is 0 Å². The average molecular weight is 298 g/mol. The fraction of sp³-hybridized carbons (Fsp3) is 0.800. The molecule has 112 valence electrons. The molecular formula is C15H24ClN3O. The minimum absolute atomic E-state index is 0.429. The van der Waals surface area contributed by atoms with Crippen molar-refractivity contribution in [2.24, 2.45) is 7.05 Å². The predicted molar refractivity (Wildman–Crippen MR) is 80.0 cm³/mol. The smallest absolute Gasteiger partial charge is 0.131 e. The van der Waals surface area contributed by atoms with Gasteiger partial charge in [0, 0.05) is 31.7 Å². The van der Waals surface area contributed by atoms with Gasteiger partial charge >= 0.3 is 0 Å². The first kappa shape index (κ1) is 14.4. The summed E-state index contributed by atoms with van der Waals surface area (Å²) in [4.78, 5) is 2.56. The summed E-state index contributed by atoms with van der Waals surface area (Å²) in [5.41, 5.74) is 2.35. The van der Waals surface area contributed by atoms with Crippen LogP contribution in [0.2, 0.25) is 5.15 Å². The maximum Gasteiger partial charge on any atom is 0.131 e. The van der Waals surface area contributed by atoms with Crippen molar-refractivity contribution in [3.05, 3.63) is 16.4 Å². The Bertz CT molecular complexity index is 472. The molecule has 0 radical (unpaired) electrons. The lowest BCUT2D eigenvalue weighted by Crippen LogP contribution is -2.52. The van der Waals surface area contributed by atoms with Gasteiger partial charge in [0.25, 0.3) is 0 Å². The highest BCUT2D eigenvalue weighted by atomic mass is 35.5. The van der Waals surface area contributed by atoms with Gasteiger partial charge in [-0.05, 0) is 19.3 Å². The van der Waals surface area contributed by atoms with Crippen LogP contribution in [0.15, 0.2) is 0 Å². The van der Waals surface area contributed by atoms with Crippen LogP contribution in [0, 0.1) is 0 Å². The number of hydrogen-bond acceptors (Lipinski definition) is 3. The number of nitrogens with zero attached hydrogens (tertiary/aromatic N) is 3. The molecule has 2 atom stereocenters. The number of morpholine rings is 1. The van der Waals surface area contributed by atoms with Gasteiger partial charge in [-0.1, -0.05) is 31.4 Å². The fourth-order valence-electron chi connectivity index (χ4n) is 3.62. The quantitative estimate of drug-likeness (QED) is 0.859. The van der Waals surface area contributed by atoms with E-state index >= 15 is 0 Å². The van der Waals surface area contributed by atoms with Crippen LogP contribution in [0.25, 0.3) is 0 Å². The summed E-state index contributed by atoms with van der Waals surface area (Å²) in [6, 6.07) is 0.568. The van der Waals surface area contributed by atoms with Crippen molar-refractivity contribution in [3.63, 3.8) is 0 Å². The summed E-state index contributed by atoms with van der Waals surface area (Å²) in [5.74, 6) is 0. The van der Waals surface area contributed by atoms with E-state index in [-0.39, 0.29) is 0 Å². The van der Waals surface area contributed by atoms with Crippen molar-refractivity contribution >= 4 is 11.6 Å². The Morgan fingerprint density at radius 2 is 2.15 bits per heavy atom. The van der Waals surface area contributed by atoms with Gasteiger partial charge in [0.05, 0.1) is 18.4 Å². The van der Waals surface area contributed by atoms with Crippen molar-refractivity contribution in [3.8, 4) is 0 Å². The molecule has 2 fully saturated rings. The SMILES string of the molecule is CCc1nn(C)c(Cl)c1CN1CCO[C@@H]2CCCC[C@H]21. The third-order valence-corrected chi connectivity index (χ3v) is 5.17. The predicted octanol–water partition coefficient (Wildman–Crippen LogP) is 2.78. The molecule has 0 unspecified atom stereocenters. The molecule has 0 N–H and O–H groups in total. The van der Waals surface area contributed by atoms with Gasteiger partial charge in [0.1, 0.15) is 5.15 Å². The molecule has 4 nitrogen and oxygen atoms in total. The summed E-state index contributed by atoms with van der Waals surface area (Å²) < 4.78 is 7.75. The van der Waals surface area contributed by atoms with Gasteiger partial charge in [-0.2, -0.15) is 5.10 Å². The zero-order valence-corrected chi connectivity index (χ0v) is 13.2. The molecule has 1 aliphatic heterocycles. The van der Waals surface area contributed by atoms with E-state index in [0.29, 0.717) is 12.1 Å². The molecule has 1 aliphatic carbocycles. The number of hydrogen-bond donors (Lipinski definition) is 0. The fourth-order valence-corrected chi connectivity index (χ4v) is 3.82. The first-order valence-corrected chi connectivity index (χ1v) is 8.14. The van der Waals surface area contributed by atoms with E-state index < -0.39 is 0 Å². The molecule has 1 saturated heterocycles. The average Bonchev–Trinajstić information content (AvgIpc) is 2.75. The van der Waals surface area contributed by atoms with Gasteiger partial charge in [-0.15, -0.1) is 0 Å². The number of ether oxygens (including phenoxy) is 1. The van der Waals surface area contributed by atoms with E-state index in [9.17, 15) is 0 Å². The number of aromatic nitrogens is 2. The summed E-state index contributed by atoms with van der Waals surface area (Å²) in [7, 11) is 1.92. The molecule has 0 bridgehead atoms. The van der Waals surface area contributed by atoms with Crippen LogP contribution < -0.4 is 0 Å². The van der Waals surface area contributed by atoms with Crippen molar-refractivity contribution < 1.29 is 4.74 Å². The zero-order valence-electron chi connectivity index (χ0n) is 12.4. The van der Waals surface area contributed by atoms with Crippen LogP contribution in [-0.2, 0) is 24.8 Å². The lowest BCUT2D eigenvalue weighted by molar-refractivity contribution is -0.0911. The second-order valence-corrected chi connectivity index (χ2v) is 6.28. The third kappa shape index (κ3) is 2.61. The molecule has 5 heteroatoms. The molecule has 0 aromatic carbocycles. The summed E-state index contributed by atoms with van der Waals surface area (Å²) >= 11 is 6.43. The van der Waals surface area contributed by atoms with Gasteiger partial charge in [-0.3, -0.25) is 9.58 Å². The van der Waals surface area contributed by atoms with Gasteiger partial charge < -0.3 is 4.74 Å². The van der Waals surface area contributed by atoms with Crippen LogP contribution in [0.5, 0.6) is 0 Å². The first-order chi connectivity index (χ1) is 9.70. The topological polar surface area (TPSA) is 30.3 Å². The molecule has 1 aromatic rings. The Balaban J connectivity index is 1.79. The van der Waals surface area contributed by atoms with Crippen molar-refractivity contribution in [1.82, 2.24) is 14.7 Å². The molecule has 1 aromatic heterocycles. The Kier molecular flexibility index (Phi) is 4.34. The van der Waals surface area contributed by atoms with E-state index in [1.165, 1.54) is 31.2 Å². The molecule has 2 aliphatic rings. The van der Waals surface area contributed by atoms with Crippen molar-refractivity contribution in [2.45, 2.75) is 57.7 Å². The van der Waals surface area contributed by atoms with Crippen LogP contribution in [-0.4, -0.2) is 40.0 Å². The number of aryl methyl sites for hydroxylation is 2. The number of rotatable bonds is 3. The Hall–Kier alpha value is -0.580. The molecular weight excluding hydrogens is 274 g/mol. The second-order valence-electron chi connectivity index (χ2n) is 5.92. The Labute approximate surface area is 126 Å². The highest BCUT2D eigenvalue weighted by Crippen LogP contribution is 2.31. The largest absolute Gasteiger partial charge is 0.375 e. The third-order valence-electron chi connectivity index (χ3n) is 4.70. The van der Waals surface area contributed by atoms with Crippen LogP contribution >= 0.6 is 11.6 Å². The molecule has 2 heterocycles.